The molecule has 0 aliphatic rings. The monoisotopic (exact) mass is 346 g/mol. The third-order valence-electron chi connectivity index (χ3n) is 2.86. The van der Waals surface area contributed by atoms with Gasteiger partial charge in [0.2, 0.25) is 0 Å². The van der Waals surface area contributed by atoms with Crippen LogP contribution in [0.4, 0.5) is 5.69 Å². The summed E-state index contributed by atoms with van der Waals surface area (Å²) in [4.78, 5) is 16.5. The summed E-state index contributed by atoms with van der Waals surface area (Å²) in [6, 6.07) is 13.0. The highest BCUT2D eigenvalue weighted by Gasteiger charge is 2.07. The normalized spacial score (nSPS) is 10.7. The Morgan fingerprint density at radius 1 is 1.20 bits per heavy atom. The van der Waals surface area contributed by atoms with Crippen LogP contribution in [0.3, 0.4) is 0 Å². The minimum Gasteiger partial charge on any atom is -0.322 e. The molecule has 0 unspecified atom stereocenters. The summed E-state index contributed by atoms with van der Waals surface area (Å²) in [5, 5.41) is 3.91. The Morgan fingerprint density at radius 2 is 1.95 bits per heavy atom. The lowest BCUT2D eigenvalue weighted by Gasteiger charge is -2.05. The van der Waals surface area contributed by atoms with Crippen molar-refractivity contribution in [2.24, 2.45) is 0 Å². The third kappa shape index (κ3) is 2.73. The van der Waals surface area contributed by atoms with Crippen LogP contribution in [0.25, 0.3) is 10.2 Å². The Kier molecular flexibility index (Phi) is 3.54. The fourth-order valence-electron chi connectivity index (χ4n) is 1.92. The number of hydrogen-bond acceptors (Lipinski definition) is 3. The maximum atomic E-state index is 12.1. The molecule has 0 fully saturated rings. The van der Waals surface area contributed by atoms with E-state index < -0.39 is 0 Å². The van der Waals surface area contributed by atoms with Crippen LogP contribution in [-0.2, 0) is 0 Å². The lowest BCUT2D eigenvalue weighted by molar-refractivity contribution is 0.102. The van der Waals surface area contributed by atoms with Gasteiger partial charge in [0.25, 0.3) is 5.91 Å². The average Bonchev–Trinajstić information content (AvgIpc) is 2.78. The number of nitrogens with zero attached hydrogens (tertiary/aromatic N) is 1. The van der Waals surface area contributed by atoms with Gasteiger partial charge in [0.15, 0.2) is 0 Å². The number of hydrogen-bond donors (Lipinski definition) is 1. The highest BCUT2D eigenvalue weighted by molar-refractivity contribution is 9.10. The van der Waals surface area contributed by atoms with Crippen molar-refractivity contribution in [2.75, 3.05) is 5.32 Å². The molecule has 1 N–H and O–H groups in total. The quantitative estimate of drug-likeness (QED) is 0.735. The zero-order chi connectivity index (χ0) is 14.1. The molecule has 20 heavy (non-hydrogen) atoms. The van der Waals surface area contributed by atoms with Crippen LogP contribution < -0.4 is 5.32 Å². The minimum absolute atomic E-state index is 0.121. The van der Waals surface area contributed by atoms with Crippen LogP contribution in [0.15, 0.2) is 46.9 Å². The van der Waals surface area contributed by atoms with E-state index in [1.807, 2.05) is 37.3 Å². The molecule has 0 spiro atoms. The first-order valence-electron chi connectivity index (χ1n) is 6.06. The number of anilines is 1. The molecule has 0 saturated carbocycles. The first-order chi connectivity index (χ1) is 9.61. The predicted molar refractivity (Wildman–Crippen MR) is 86.5 cm³/mol. The summed E-state index contributed by atoms with van der Waals surface area (Å²) >= 11 is 5.00. The Labute approximate surface area is 128 Å². The third-order valence-corrected chi connectivity index (χ3v) is 4.34. The number of carbonyl (C=O) groups is 1. The molecule has 0 aliphatic carbocycles. The van der Waals surface area contributed by atoms with E-state index in [1.165, 1.54) is 0 Å². The zero-order valence-corrected chi connectivity index (χ0v) is 13.1. The van der Waals surface area contributed by atoms with Crippen molar-refractivity contribution in [1.29, 1.82) is 0 Å². The van der Waals surface area contributed by atoms with Crippen molar-refractivity contribution in [3.63, 3.8) is 0 Å². The highest BCUT2D eigenvalue weighted by atomic mass is 79.9. The van der Waals surface area contributed by atoms with Crippen molar-refractivity contribution < 1.29 is 4.79 Å². The molecular weight excluding hydrogens is 336 g/mol. The van der Waals surface area contributed by atoms with Crippen molar-refractivity contribution in [3.8, 4) is 0 Å². The first-order valence-corrected chi connectivity index (χ1v) is 7.67. The fraction of sp³-hybridized carbons (Fsp3) is 0.0667. The van der Waals surface area contributed by atoms with Crippen molar-refractivity contribution in [2.45, 2.75) is 6.92 Å². The van der Waals surface area contributed by atoms with E-state index >= 15 is 0 Å². The molecule has 0 radical (unpaired) electrons. The van der Waals surface area contributed by atoms with Gasteiger partial charge in [0.1, 0.15) is 0 Å². The van der Waals surface area contributed by atoms with Crippen molar-refractivity contribution >= 4 is 49.1 Å². The summed E-state index contributed by atoms with van der Waals surface area (Å²) in [6.07, 6.45) is 0. The standard InChI is InChI=1S/C15H11BrN2OS/c1-9-17-13-8-12(6-7-14(13)20-9)18-15(19)10-2-4-11(16)5-3-10/h2-8H,1H3,(H,18,19). The summed E-state index contributed by atoms with van der Waals surface area (Å²) in [6.45, 7) is 1.98. The number of aromatic nitrogens is 1. The van der Waals surface area contributed by atoms with Crippen LogP contribution in [0.5, 0.6) is 0 Å². The summed E-state index contributed by atoms with van der Waals surface area (Å²) < 4.78 is 2.08. The fourth-order valence-corrected chi connectivity index (χ4v) is 3.00. The van der Waals surface area contributed by atoms with Gasteiger partial charge >= 0.3 is 0 Å². The average molecular weight is 347 g/mol. The number of amides is 1. The molecule has 3 rings (SSSR count). The second-order valence-corrected chi connectivity index (χ2v) is 6.53. The van der Waals surface area contributed by atoms with Crippen molar-refractivity contribution in [3.05, 3.63) is 57.5 Å². The van der Waals surface area contributed by atoms with Gasteiger partial charge in [0.05, 0.1) is 15.2 Å². The summed E-state index contributed by atoms with van der Waals surface area (Å²) in [7, 11) is 0. The van der Waals surface area contributed by atoms with E-state index in [9.17, 15) is 4.79 Å². The molecule has 100 valence electrons. The second-order valence-electron chi connectivity index (χ2n) is 4.38. The van der Waals surface area contributed by atoms with Crippen LogP contribution in [0, 0.1) is 6.92 Å². The smallest absolute Gasteiger partial charge is 0.255 e. The maximum absolute atomic E-state index is 12.1. The first kappa shape index (κ1) is 13.3. The van der Waals surface area contributed by atoms with Crippen LogP contribution in [0.1, 0.15) is 15.4 Å². The summed E-state index contributed by atoms with van der Waals surface area (Å²) in [5.74, 6) is -0.121. The maximum Gasteiger partial charge on any atom is 0.255 e. The Hall–Kier alpha value is -1.72. The highest BCUT2D eigenvalue weighted by Crippen LogP contribution is 2.24. The topological polar surface area (TPSA) is 42.0 Å². The molecule has 2 aromatic carbocycles. The molecule has 0 bridgehead atoms. The molecule has 0 atom stereocenters. The van der Waals surface area contributed by atoms with E-state index in [0.29, 0.717) is 5.56 Å². The molecular formula is C15H11BrN2OS. The van der Waals surface area contributed by atoms with Gasteiger partial charge in [0, 0.05) is 15.7 Å². The SMILES string of the molecule is Cc1nc2cc(NC(=O)c3ccc(Br)cc3)ccc2s1. The molecule has 5 heteroatoms. The molecule has 1 heterocycles. The van der Waals surface area contributed by atoms with Gasteiger partial charge in [-0.2, -0.15) is 0 Å². The van der Waals surface area contributed by atoms with Gasteiger partial charge in [-0.05, 0) is 49.4 Å². The Morgan fingerprint density at radius 3 is 2.70 bits per heavy atom. The number of carbonyl (C=O) groups excluding carboxylic acids is 1. The molecule has 0 saturated heterocycles. The van der Waals surface area contributed by atoms with E-state index in [4.69, 9.17) is 0 Å². The minimum atomic E-state index is -0.121. The second kappa shape index (κ2) is 5.34. The van der Waals surface area contributed by atoms with Gasteiger partial charge in [-0.3, -0.25) is 4.79 Å². The van der Waals surface area contributed by atoms with Crippen LogP contribution in [0.2, 0.25) is 0 Å². The van der Waals surface area contributed by atoms with Crippen LogP contribution in [-0.4, -0.2) is 10.9 Å². The van der Waals surface area contributed by atoms with Crippen LogP contribution >= 0.6 is 27.3 Å². The number of rotatable bonds is 2. The molecule has 1 aromatic heterocycles. The number of thiazole rings is 1. The summed E-state index contributed by atoms with van der Waals surface area (Å²) in [5.41, 5.74) is 2.31. The predicted octanol–water partition coefficient (Wildman–Crippen LogP) is 4.62. The number of halogens is 1. The largest absolute Gasteiger partial charge is 0.322 e. The van der Waals surface area contributed by atoms with E-state index in [1.54, 1.807) is 23.5 Å². The zero-order valence-electron chi connectivity index (χ0n) is 10.7. The van der Waals surface area contributed by atoms with Gasteiger partial charge in [-0.25, -0.2) is 4.98 Å². The molecule has 3 nitrogen and oxygen atoms in total. The molecule has 0 aliphatic heterocycles. The van der Waals surface area contributed by atoms with E-state index in [-0.39, 0.29) is 5.91 Å². The van der Waals surface area contributed by atoms with Crippen molar-refractivity contribution in [1.82, 2.24) is 4.98 Å². The Bertz CT molecular complexity index is 780. The lowest BCUT2D eigenvalue weighted by Crippen LogP contribution is -2.11. The molecule has 3 aromatic rings. The van der Waals surface area contributed by atoms with E-state index in [0.717, 1.165) is 25.4 Å². The van der Waals surface area contributed by atoms with E-state index in [2.05, 4.69) is 26.2 Å². The van der Waals surface area contributed by atoms with Gasteiger partial charge in [-0.1, -0.05) is 15.9 Å². The van der Waals surface area contributed by atoms with Gasteiger partial charge < -0.3 is 5.32 Å². The number of nitrogens with one attached hydrogen (secondary N) is 1. The lowest BCUT2D eigenvalue weighted by atomic mass is 10.2. The number of aryl methyl sites for hydroxylation is 1. The number of benzene rings is 2. The Balaban J connectivity index is 1.84. The van der Waals surface area contributed by atoms with Gasteiger partial charge in [-0.15, -0.1) is 11.3 Å². The molecule has 1 amide bonds. The number of fused-ring (bicyclic) bond motifs is 1.